The maximum absolute atomic E-state index is 10.4. The van der Waals surface area contributed by atoms with Crippen molar-refractivity contribution >= 4 is 0 Å². The average Bonchev–Trinajstić information content (AvgIpc) is 2.79. The average molecular weight is 256 g/mol. The maximum atomic E-state index is 10.4. The lowest BCUT2D eigenvalue weighted by Gasteiger charge is -2.34. The summed E-state index contributed by atoms with van der Waals surface area (Å²) >= 11 is 0. The van der Waals surface area contributed by atoms with Crippen molar-refractivity contribution in [3.8, 4) is 0 Å². The molecule has 4 heteroatoms. The second-order valence-electron chi connectivity index (χ2n) is 6.01. The van der Waals surface area contributed by atoms with Gasteiger partial charge in [-0.2, -0.15) is 0 Å². The molecule has 0 amide bonds. The molecule has 1 aliphatic carbocycles. The van der Waals surface area contributed by atoms with E-state index in [1.165, 1.54) is 0 Å². The van der Waals surface area contributed by atoms with Crippen LogP contribution >= 0.6 is 0 Å². The summed E-state index contributed by atoms with van der Waals surface area (Å²) in [5, 5.41) is 10.4. The van der Waals surface area contributed by atoms with Crippen LogP contribution in [0.4, 0.5) is 0 Å². The minimum atomic E-state index is -0.587. The first-order valence-corrected chi connectivity index (χ1v) is 7.36. The number of ether oxygens (including phenoxy) is 1. The van der Waals surface area contributed by atoms with Crippen LogP contribution in [-0.2, 0) is 4.74 Å². The van der Waals surface area contributed by atoms with Crippen LogP contribution < -0.4 is 5.73 Å². The van der Waals surface area contributed by atoms with E-state index in [2.05, 4.69) is 11.9 Å². The molecular weight excluding hydrogens is 228 g/mol. The number of nitrogens with two attached hydrogens (primary N) is 1. The molecule has 4 nitrogen and oxygen atoms in total. The molecule has 1 saturated carbocycles. The van der Waals surface area contributed by atoms with Gasteiger partial charge >= 0.3 is 0 Å². The molecule has 1 saturated heterocycles. The van der Waals surface area contributed by atoms with Gasteiger partial charge < -0.3 is 20.5 Å². The highest BCUT2D eigenvalue weighted by Crippen LogP contribution is 2.37. The fraction of sp³-hybridized carbons (Fsp3) is 1.00. The van der Waals surface area contributed by atoms with Crippen LogP contribution in [0.5, 0.6) is 0 Å². The standard InChI is InChI=1S/C14H28N2O2/c1-16(13-5-9-18-10-6-13)8-4-12-3-2-7-14(12,17)11-15/h12-13,17H,2-11,15H2,1H3. The first kappa shape index (κ1) is 14.3. The van der Waals surface area contributed by atoms with Crippen LogP contribution in [0, 0.1) is 5.92 Å². The lowest BCUT2D eigenvalue weighted by Crippen LogP contribution is -2.43. The number of nitrogens with zero attached hydrogens (tertiary/aromatic N) is 1. The smallest absolute Gasteiger partial charge is 0.0797 e. The van der Waals surface area contributed by atoms with Gasteiger partial charge in [0.15, 0.2) is 0 Å². The topological polar surface area (TPSA) is 58.7 Å². The molecule has 0 aromatic heterocycles. The third kappa shape index (κ3) is 3.23. The van der Waals surface area contributed by atoms with Gasteiger partial charge in [-0.3, -0.25) is 0 Å². The molecule has 106 valence electrons. The van der Waals surface area contributed by atoms with Gasteiger partial charge in [0, 0.05) is 25.8 Å². The molecule has 0 radical (unpaired) electrons. The predicted molar refractivity (Wildman–Crippen MR) is 72.4 cm³/mol. The van der Waals surface area contributed by atoms with Gasteiger partial charge in [0.1, 0.15) is 0 Å². The molecule has 1 aliphatic heterocycles. The summed E-state index contributed by atoms with van der Waals surface area (Å²) in [5.74, 6) is 0.393. The monoisotopic (exact) mass is 256 g/mol. The SMILES string of the molecule is CN(CCC1CCCC1(O)CN)C1CCOCC1. The van der Waals surface area contributed by atoms with Gasteiger partial charge in [-0.25, -0.2) is 0 Å². The Morgan fingerprint density at radius 3 is 2.72 bits per heavy atom. The van der Waals surface area contributed by atoms with Gasteiger partial charge in [-0.05, 0) is 51.6 Å². The molecule has 3 N–H and O–H groups in total. The van der Waals surface area contributed by atoms with Crippen LogP contribution in [-0.4, -0.2) is 55.0 Å². The molecule has 0 bridgehead atoms. The normalized spacial score (nSPS) is 34.3. The van der Waals surface area contributed by atoms with Crippen molar-refractivity contribution < 1.29 is 9.84 Å². The van der Waals surface area contributed by atoms with Crippen LogP contribution in [0.25, 0.3) is 0 Å². The number of hydrogen-bond acceptors (Lipinski definition) is 4. The third-order valence-electron chi connectivity index (χ3n) is 4.92. The Bertz CT molecular complexity index is 256. The minimum absolute atomic E-state index is 0.393. The van der Waals surface area contributed by atoms with Crippen molar-refractivity contribution in [3.05, 3.63) is 0 Å². The summed E-state index contributed by atoms with van der Waals surface area (Å²) in [5.41, 5.74) is 5.14. The predicted octanol–water partition coefficient (Wildman–Crippen LogP) is 0.977. The first-order valence-electron chi connectivity index (χ1n) is 7.36. The maximum Gasteiger partial charge on any atom is 0.0797 e. The van der Waals surface area contributed by atoms with Gasteiger partial charge in [-0.1, -0.05) is 6.42 Å². The van der Waals surface area contributed by atoms with E-state index in [-0.39, 0.29) is 0 Å². The minimum Gasteiger partial charge on any atom is -0.388 e. The zero-order chi connectivity index (χ0) is 13.0. The largest absolute Gasteiger partial charge is 0.388 e. The molecule has 0 spiro atoms. The van der Waals surface area contributed by atoms with Crippen molar-refractivity contribution in [3.63, 3.8) is 0 Å². The molecule has 0 aromatic carbocycles. The van der Waals surface area contributed by atoms with E-state index in [4.69, 9.17) is 10.5 Å². The highest BCUT2D eigenvalue weighted by molar-refractivity contribution is 4.93. The van der Waals surface area contributed by atoms with Crippen molar-refractivity contribution in [1.82, 2.24) is 4.90 Å². The fourth-order valence-electron chi connectivity index (χ4n) is 3.48. The lowest BCUT2D eigenvalue weighted by molar-refractivity contribution is -0.000777. The second kappa shape index (κ2) is 6.33. The lowest BCUT2D eigenvalue weighted by atomic mass is 9.88. The zero-order valence-electron chi connectivity index (χ0n) is 11.6. The Kier molecular flexibility index (Phi) is 5.01. The Hall–Kier alpha value is -0.160. The third-order valence-corrected chi connectivity index (χ3v) is 4.92. The molecule has 2 rings (SSSR count). The number of aliphatic hydroxyl groups is 1. The summed E-state index contributed by atoms with van der Waals surface area (Å²) in [6.07, 6.45) is 6.50. The highest BCUT2D eigenvalue weighted by atomic mass is 16.5. The van der Waals surface area contributed by atoms with E-state index in [0.29, 0.717) is 18.5 Å². The van der Waals surface area contributed by atoms with Gasteiger partial charge in [-0.15, -0.1) is 0 Å². The molecular formula is C14H28N2O2. The van der Waals surface area contributed by atoms with Gasteiger partial charge in [0.05, 0.1) is 5.60 Å². The molecule has 18 heavy (non-hydrogen) atoms. The molecule has 2 fully saturated rings. The summed E-state index contributed by atoms with van der Waals surface area (Å²) in [6, 6.07) is 0.658. The van der Waals surface area contributed by atoms with Crippen molar-refractivity contribution in [2.24, 2.45) is 11.7 Å². The Morgan fingerprint density at radius 2 is 2.06 bits per heavy atom. The van der Waals surface area contributed by atoms with Crippen molar-refractivity contribution in [1.29, 1.82) is 0 Å². The van der Waals surface area contributed by atoms with E-state index in [0.717, 1.165) is 58.3 Å². The summed E-state index contributed by atoms with van der Waals surface area (Å²) < 4.78 is 5.40. The van der Waals surface area contributed by atoms with E-state index in [1.807, 2.05) is 0 Å². The van der Waals surface area contributed by atoms with Crippen LogP contribution in [0.2, 0.25) is 0 Å². The van der Waals surface area contributed by atoms with Crippen molar-refractivity contribution in [2.75, 3.05) is 33.4 Å². The summed E-state index contributed by atoms with van der Waals surface area (Å²) in [7, 11) is 2.20. The Morgan fingerprint density at radius 1 is 1.33 bits per heavy atom. The first-order chi connectivity index (χ1) is 8.65. The van der Waals surface area contributed by atoms with E-state index in [1.54, 1.807) is 0 Å². The molecule has 1 heterocycles. The summed E-state index contributed by atoms with van der Waals surface area (Å²) in [4.78, 5) is 2.44. The fourth-order valence-corrected chi connectivity index (χ4v) is 3.48. The Labute approximate surface area is 110 Å². The molecule has 0 aromatic rings. The summed E-state index contributed by atoms with van der Waals surface area (Å²) in [6.45, 7) is 3.27. The van der Waals surface area contributed by atoms with Crippen LogP contribution in [0.3, 0.4) is 0 Å². The van der Waals surface area contributed by atoms with E-state index < -0.39 is 5.60 Å². The van der Waals surface area contributed by atoms with E-state index >= 15 is 0 Å². The van der Waals surface area contributed by atoms with Crippen LogP contribution in [0.1, 0.15) is 38.5 Å². The quantitative estimate of drug-likeness (QED) is 0.770. The van der Waals surface area contributed by atoms with Gasteiger partial charge in [0.25, 0.3) is 0 Å². The second-order valence-corrected chi connectivity index (χ2v) is 6.01. The molecule has 2 atom stereocenters. The van der Waals surface area contributed by atoms with Gasteiger partial charge in [0.2, 0.25) is 0 Å². The molecule has 2 aliphatic rings. The van der Waals surface area contributed by atoms with Crippen LogP contribution in [0.15, 0.2) is 0 Å². The number of rotatable bonds is 5. The number of hydrogen-bond donors (Lipinski definition) is 2. The van der Waals surface area contributed by atoms with Crippen molar-refractivity contribution in [2.45, 2.75) is 50.2 Å². The Balaban J connectivity index is 1.76. The zero-order valence-corrected chi connectivity index (χ0v) is 11.6. The van der Waals surface area contributed by atoms with E-state index in [9.17, 15) is 5.11 Å². The molecule has 2 unspecified atom stereocenters. The highest BCUT2D eigenvalue weighted by Gasteiger charge is 2.39.